The third kappa shape index (κ3) is 10.3. The van der Waals surface area contributed by atoms with Gasteiger partial charge in [0.25, 0.3) is 0 Å². The minimum Gasteiger partial charge on any atom is -0.0654 e. The lowest BCUT2D eigenvalue weighted by atomic mass is 10.1. The molecule has 0 bridgehead atoms. The molecule has 0 N–H and O–H groups in total. The van der Waals surface area contributed by atoms with E-state index in [1.165, 1.54) is 74.5 Å². The molecular formula is C13H30Si. The minimum atomic E-state index is 1.11. The number of hydrogen-bond acceptors (Lipinski definition) is 0. The van der Waals surface area contributed by atoms with Crippen LogP contribution in [0.3, 0.4) is 0 Å². The van der Waals surface area contributed by atoms with Gasteiger partial charge in [-0.3, -0.25) is 0 Å². The van der Waals surface area contributed by atoms with E-state index in [1.54, 1.807) is 0 Å². The normalized spacial score (nSPS) is 13.3. The maximum Gasteiger partial charge on any atom is 0.00672 e. The predicted molar refractivity (Wildman–Crippen MR) is 71.2 cm³/mol. The van der Waals surface area contributed by atoms with Crippen molar-refractivity contribution in [2.45, 2.75) is 83.6 Å². The maximum atomic E-state index is 2.30. The molecular weight excluding hydrogens is 184 g/mol. The molecule has 0 aliphatic heterocycles. The van der Waals surface area contributed by atoms with Crippen LogP contribution in [0.2, 0.25) is 5.54 Å². The number of hydrogen-bond donors (Lipinski definition) is 0. The number of unbranched alkanes of at least 4 members (excludes halogenated alkanes) is 6. The van der Waals surface area contributed by atoms with Crippen molar-refractivity contribution in [1.29, 1.82) is 0 Å². The van der Waals surface area contributed by atoms with Gasteiger partial charge < -0.3 is 0 Å². The molecule has 0 aromatic carbocycles. The molecule has 0 aromatic rings. The van der Waals surface area contributed by atoms with E-state index < -0.39 is 0 Å². The Morgan fingerprint density at radius 2 is 1.14 bits per heavy atom. The van der Waals surface area contributed by atoms with E-state index in [4.69, 9.17) is 0 Å². The standard InChI is InChI=1S/C13H30Si/c1-3-5-7-8-10-12-13(14)11-9-6-4-2/h13H,3-12H2,1-2,14H3. The molecule has 0 saturated heterocycles. The fourth-order valence-electron chi connectivity index (χ4n) is 1.98. The molecule has 0 rings (SSSR count). The zero-order valence-corrected chi connectivity index (χ0v) is 12.6. The topological polar surface area (TPSA) is 0 Å². The highest BCUT2D eigenvalue weighted by Crippen LogP contribution is 2.19. The van der Waals surface area contributed by atoms with Crippen molar-refractivity contribution in [2.24, 2.45) is 0 Å². The SMILES string of the molecule is CCCCCCCC([SiH3])CCCCC. The van der Waals surface area contributed by atoms with Crippen LogP contribution in [-0.2, 0) is 0 Å². The first kappa shape index (κ1) is 14.2. The van der Waals surface area contributed by atoms with Crippen molar-refractivity contribution in [2.75, 3.05) is 0 Å². The molecule has 0 aromatic heterocycles. The lowest BCUT2D eigenvalue weighted by Gasteiger charge is -2.10. The first-order valence-electron chi connectivity index (χ1n) is 6.81. The lowest BCUT2D eigenvalue weighted by Crippen LogP contribution is -1.93. The first-order valence-corrected chi connectivity index (χ1v) is 7.96. The monoisotopic (exact) mass is 214 g/mol. The Labute approximate surface area is 94.3 Å². The molecule has 0 radical (unpaired) electrons. The Morgan fingerprint density at radius 1 is 0.714 bits per heavy atom. The van der Waals surface area contributed by atoms with Gasteiger partial charge in [0.15, 0.2) is 0 Å². The van der Waals surface area contributed by atoms with Crippen LogP contribution in [0.5, 0.6) is 0 Å². The van der Waals surface area contributed by atoms with Crippen molar-refractivity contribution >= 4 is 10.2 Å². The highest BCUT2D eigenvalue weighted by molar-refractivity contribution is 6.11. The van der Waals surface area contributed by atoms with Crippen molar-refractivity contribution in [3.63, 3.8) is 0 Å². The van der Waals surface area contributed by atoms with Gasteiger partial charge in [-0.25, -0.2) is 0 Å². The molecule has 0 nitrogen and oxygen atoms in total. The van der Waals surface area contributed by atoms with Crippen LogP contribution in [0, 0.1) is 0 Å². The van der Waals surface area contributed by atoms with Crippen LogP contribution in [0.1, 0.15) is 78.1 Å². The van der Waals surface area contributed by atoms with Crippen molar-refractivity contribution < 1.29 is 0 Å². The molecule has 0 saturated carbocycles. The third-order valence-electron chi connectivity index (χ3n) is 3.10. The smallest absolute Gasteiger partial charge is 0.00672 e. The van der Waals surface area contributed by atoms with Crippen LogP contribution in [0.25, 0.3) is 0 Å². The van der Waals surface area contributed by atoms with Gasteiger partial charge in [0.2, 0.25) is 0 Å². The first-order chi connectivity index (χ1) is 6.81. The molecule has 0 heterocycles. The number of rotatable bonds is 10. The molecule has 1 atom stereocenters. The fourth-order valence-corrected chi connectivity index (χ4v) is 2.80. The highest BCUT2D eigenvalue weighted by Gasteiger charge is 2.01. The summed E-state index contributed by atoms with van der Waals surface area (Å²) >= 11 is 0. The molecule has 86 valence electrons. The average Bonchev–Trinajstić information content (AvgIpc) is 2.18. The average molecular weight is 214 g/mol. The molecule has 0 aliphatic carbocycles. The van der Waals surface area contributed by atoms with Gasteiger partial charge in [0.05, 0.1) is 0 Å². The van der Waals surface area contributed by atoms with E-state index in [-0.39, 0.29) is 0 Å². The summed E-state index contributed by atoms with van der Waals surface area (Å²) < 4.78 is 0. The van der Waals surface area contributed by atoms with Gasteiger partial charge in [-0.05, 0) is 0 Å². The van der Waals surface area contributed by atoms with E-state index in [0.717, 1.165) is 5.54 Å². The Morgan fingerprint density at radius 3 is 1.71 bits per heavy atom. The van der Waals surface area contributed by atoms with E-state index in [0.29, 0.717) is 0 Å². The minimum absolute atomic E-state index is 1.11. The van der Waals surface area contributed by atoms with Gasteiger partial charge in [-0.15, -0.1) is 0 Å². The summed E-state index contributed by atoms with van der Waals surface area (Å²) in [6.45, 7) is 4.59. The van der Waals surface area contributed by atoms with Crippen LogP contribution >= 0.6 is 0 Å². The zero-order chi connectivity index (χ0) is 10.6. The molecule has 1 unspecified atom stereocenters. The van der Waals surface area contributed by atoms with Crippen molar-refractivity contribution in [3.8, 4) is 0 Å². The largest absolute Gasteiger partial charge is 0.0654 e. The van der Waals surface area contributed by atoms with E-state index in [2.05, 4.69) is 13.8 Å². The van der Waals surface area contributed by atoms with Crippen LogP contribution < -0.4 is 0 Å². The van der Waals surface area contributed by atoms with Gasteiger partial charge >= 0.3 is 0 Å². The van der Waals surface area contributed by atoms with Gasteiger partial charge in [0.1, 0.15) is 0 Å². The summed E-state index contributed by atoms with van der Waals surface area (Å²) in [6.07, 6.45) is 14.6. The zero-order valence-electron chi connectivity index (χ0n) is 10.6. The fraction of sp³-hybridized carbons (Fsp3) is 1.00. The highest BCUT2D eigenvalue weighted by atomic mass is 28.1. The summed E-state index contributed by atoms with van der Waals surface area (Å²) in [5.74, 6) is 0. The summed E-state index contributed by atoms with van der Waals surface area (Å²) in [5.41, 5.74) is 1.11. The van der Waals surface area contributed by atoms with Crippen LogP contribution in [-0.4, -0.2) is 10.2 Å². The summed E-state index contributed by atoms with van der Waals surface area (Å²) in [5, 5.41) is 0. The van der Waals surface area contributed by atoms with E-state index in [1.807, 2.05) is 0 Å². The van der Waals surface area contributed by atoms with E-state index >= 15 is 0 Å². The molecule has 0 aliphatic rings. The van der Waals surface area contributed by atoms with Crippen LogP contribution in [0.15, 0.2) is 0 Å². The molecule has 0 fully saturated rings. The third-order valence-corrected chi connectivity index (χ3v) is 4.26. The summed E-state index contributed by atoms with van der Waals surface area (Å²) in [4.78, 5) is 0. The van der Waals surface area contributed by atoms with Gasteiger partial charge in [-0.1, -0.05) is 83.6 Å². The van der Waals surface area contributed by atoms with Crippen LogP contribution in [0.4, 0.5) is 0 Å². The summed E-state index contributed by atoms with van der Waals surface area (Å²) in [6, 6.07) is 0. The lowest BCUT2D eigenvalue weighted by molar-refractivity contribution is 0.554. The second-order valence-electron chi connectivity index (χ2n) is 4.80. The summed E-state index contributed by atoms with van der Waals surface area (Å²) in [7, 11) is 1.43. The quantitative estimate of drug-likeness (QED) is 0.380. The van der Waals surface area contributed by atoms with E-state index in [9.17, 15) is 0 Å². The van der Waals surface area contributed by atoms with Gasteiger partial charge in [-0.2, -0.15) is 0 Å². The second-order valence-corrected chi connectivity index (χ2v) is 6.44. The molecule has 1 heteroatoms. The van der Waals surface area contributed by atoms with Crippen molar-refractivity contribution in [1.82, 2.24) is 0 Å². The predicted octanol–water partition coefficient (Wildman–Crippen LogP) is 4.08. The second kappa shape index (κ2) is 11.3. The molecule has 14 heavy (non-hydrogen) atoms. The maximum absolute atomic E-state index is 2.30. The molecule has 0 amide bonds. The Bertz CT molecular complexity index is 101. The molecule has 0 spiro atoms. The Kier molecular flexibility index (Phi) is 11.5. The Balaban J connectivity index is 3.06. The van der Waals surface area contributed by atoms with Gasteiger partial charge in [0, 0.05) is 10.2 Å². The Hall–Kier alpha value is 0.217. The van der Waals surface area contributed by atoms with Crippen molar-refractivity contribution in [3.05, 3.63) is 0 Å².